The van der Waals surface area contributed by atoms with Crippen LogP contribution < -0.4 is 5.73 Å². The summed E-state index contributed by atoms with van der Waals surface area (Å²) in [7, 11) is 0. The van der Waals surface area contributed by atoms with Crippen LogP contribution in [0.5, 0.6) is 0 Å². The lowest BCUT2D eigenvalue weighted by atomic mass is 9.95. The number of hydrogen-bond acceptors (Lipinski definition) is 2. The third-order valence-electron chi connectivity index (χ3n) is 2.38. The first-order valence-corrected chi connectivity index (χ1v) is 5.99. The zero-order valence-corrected chi connectivity index (χ0v) is 11.1. The summed E-state index contributed by atoms with van der Waals surface area (Å²) in [5.74, 6) is 0.134. The summed E-state index contributed by atoms with van der Waals surface area (Å²) in [4.78, 5) is 0. The second-order valence-electron chi connectivity index (χ2n) is 3.93. The van der Waals surface area contributed by atoms with Crippen LogP contribution in [0.1, 0.15) is 25.5 Å². The molecule has 3 N–H and O–H groups in total. The van der Waals surface area contributed by atoms with Gasteiger partial charge in [-0.05, 0) is 39.5 Å². The Morgan fingerprint density at radius 2 is 2.00 bits per heavy atom. The van der Waals surface area contributed by atoms with E-state index >= 15 is 0 Å². The van der Waals surface area contributed by atoms with E-state index in [1.165, 1.54) is 0 Å². The lowest BCUT2D eigenvalue weighted by molar-refractivity contribution is 0.0979. The lowest BCUT2D eigenvalue weighted by Crippen LogP contribution is -2.30. The molecule has 0 radical (unpaired) electrons. The lowest BCUT2D eigenvalue weighted by Gasteiger charge is -2.22. The molecule has 0 heterocycles. The molecular formula is C11H15BrClNO. The number of aliphatic hydroxyl groups is 1. The fourth-order valence-electron chi connectivity index (χ4n) is 1.33. The van der Waals surface area contributed by atoms with Gasteiger partial charge in [-0.1, -0.05) is 31.5 Å². The number of hydrogen-bond donors (Lipinski definition) is 2. The Labute approximate surface area is 104 Å². The van der Waals surface area contributed by atoms with E-state index in [1.54, 1.807) is 6.07 Å². The molecule has 0 fully saturated rings. The van der Waals surface area contributed by atoms with E-state index in [1.807, 2.05) is 26.0 Å². The molecule has 4 heteroatoms. The molecule has 1 aromatic carbocycles. The maximum absolute atomic E-state index is 9.84. The first-order valence-electron chi connectivity index (χ1n) is 4.82. The third-order valence-corrected chi connectivity index (χ3v) is 3.59. The molecule has 0 spiro atoms. The summed E-state index contributed by atoms with van der Waals surface area (Å²) < 4.78 is 0.799. The van der Waals surface area contributed by atoms with Crippen molar-refractivity contribution in [2.45, 2.75) is 26.0 Å². The Morgan fingerprint density at radius 3 is 2.47 bits per heavy atom. The molecular weight excluding hydrogens is 277 g/mol. The molecule has 0 bridgehead atoms. The number of benzene rings is 1. The predicted molar refractivity (Wildman–Crippen MR) is 66.9 cm³/mol. The van der Waals surface area contributed by atoms with E-state index in [9.17, 15) is 5.11 Å². The van der Waals surface area contributed by atoms with E-state index in [4.69, 9.17) is 17.3 Å². The Hall–Kier alpha value is -0.0900. The van der Waals surface area contributed by atoms with Gasteiger partial charge in [0.2, 0.25) is 0 Å². The maximum Gasteiger partial charge on any atom is 0.0755 e. The molecule has 0 aliphatic heterocycles. The zero-order chi connectivity index (χ0) is 11.6. The normalized spacial score (nSPS) is 15.4. The molecule has 84 valence electrons. The van der Waals surface area contributed by atoms with Crippen molar-refractivity contribution in [3.8, 4) is 0 Å². The van der Waals surface area contributed by atoms with E-state index < -0.39 is 6.10 Å². The fourth-order valence-corrected chi connectivity index (χ4v) is 1.85. The van der Waals surface area contributed by atoms with Gasteiger partial charge in [-0.15, -0.1) is 0 Å². The molecule has 1 rings (SSSR count). The minimum atomic E-state index is -0.543. The molecule has 0 amide bonds. The van der Waals surface area contributed by atoms with Gasteiger partial charge in [-0.25, -0.2) is 0 Å². The van der Waals surface area contributed by atoms with Crippen molar-refractivity contribution in [3.05, 3.63) is 33.3 Å². The van der Waals surface area contributed by atoms with Crippen molar-refractivity contribution in [1.82, 2.24) is 0 Å². The third kappa shape index (κ3) is 3.18. The number of nitrogens with two attached hydrogens (primary N) is 1. The maximum atomic E-state index is 9.84. The minimum Gasteiger partial charge on any atom is -0.391 e. The summed E-state index contributed by atoms with van der Waals surface area (Å²) >= 11 is 9.21. The summed E-state index contributed by atoms with van der Waals surface area (Å²) in [6.07, 6.45) is -0.543. The molecule has 0 unspecified atom stereocenters. The van der Waals surface area contributed by atoms with E-state index in [0.717, 1.165) is 10.0 Å². The molecule has 0 aliphatic rings. The van der Waals surface area contributed by atoms with Crippen molar-refractivity contribution in [1.29, 1.82) is 0 Å². The first-order chi connectivity index (χ1) is 6.93. The number of aliphatic hydroxyl groups excluding tert-OH is 1. The molecule has 1 aromatic rings. The molecule has 0 saturated carbocycles. The minimum absolute atomic E-state index is 0.134. The van der Waals surface area contributed by atoms with E-state index in [-0.39, 0.29) is 12.0 Å². The average molecular weight is 293 g/mol. The Bertz CT molecular complexity index is 343. The van der Waals surface area contributed by atoms with Crippen molar-refractivity contribution >= 4 is 27.5 Å². The summed E-state index contributed by atoms with van der Waals surface area (Å²) in [5, 5.41) is 10.5. The second kappa shape index (κ2) is 5.30. The van der Waals surface area contributed by atoms with Crippen molar-refractivity contribution in [2.75, 3.05) is 0 Å². The summed E-state index contributed by atoms with van der Waals surface area (Å²) in [6.45, 7) is 3.88. The summed E-state index contributed by atoms with van der Waals surface area (Å²) in [6, 6.07) is 5.08. The Kier molecular flexibility index (Phi) is 4.59. The SMILES string of the molecule is CC(C)[C@H](O)[C@H](N)c1ccc(Cl)c(Br)c1. The standard InChI is InChI=1S/C11H15BrClNO/c1-6(2)11(15)10(14)7-3-4-9(13)8(12)5-7/h3-6,10-11,15H,14H2,1-2H3/t10-,11+/m1/s1. The van der Waals surface area contributed by atoms with Gasteiger partial charge in [-0.2, -0.15) is 0 Å². The molecule has 0 aliphatic carbocycles. The van der Waals surface area contributed by atoms with Gasteiger partial charge in [-0.3, -0.25) is 0 Å². The monoisotopic (exact) mass is 291 g/mol. The van der Waals surface area contributed by atoms with Crippen LogP contribution in [-0.4, -0.2) is 11.2 Å². The molecule has 0 aromatic heterocycles. The van der Waals surface area contributed by atoms with Gasteiger partial charge >= 0.3 is 0 Å². The predicted octanol–water partition coefficient (Wildman–Crippen LogP) is 3.12. The van der Waals surface area contributed by atoms with Crippen LogP contribution in [0.2, 0.25) is 5.02 Å². The van der Waals surface area contributed by atoms with E-state index in [0.29, 0.717) is 5.02 Å². The van der Waals surface area contributed by atoms with Gasteiger partial charge in [0.15, 0.2) is 0 Å². The molecule has 2 atom stereocenters. The first kappa shape index (κ1) is 13.0. The fraction of sp³-hybridized carbons (Fsp3) is 0.455. The van der Waals surface area contributed by atoms with Gasteiger partial charge in [0.25, 0.3) is 0 Å². The second-order valence-corrected chi connectivity index (χ2v) is 5.20. The largest absolute Gasteiger partial charge is 0.391 e. The Balaban J connectivity index is 2.91. The number of rotatable bonds is 3. The van der Waals surface area contributed by atoms with Crippen LogP contribution in [0.4, 0.5) is 0 Å². The van der Waals surface area contributed by atoms with Crippen LogP contribution in [0.15, 0.2) is 22.7 Å². The van der Waals surface area contributed by atoms with Crippen LogP contribution in [-0.2, 0) is 0 Å². The van der Waals surface area contributed by atoms with E-state index in [2.05, 4.69) is 15.9 Å². The van der Waals surface area contributed by atoms with Gasteiger partial charge in [0.1, 0.15) is 0 Å². The molecule has 15 heavy (non-hydrogen) atoms. The quantitative estimate of drug-likeness (QED) is 0.899. The van der Waals surface area contributed by atoms with Crippen LogP contribution >= 0.6 is 27.5 Å². The highest BCUT2D eigenvalue weighted by molar-refractivity contribution is 9.10. The van der Waals surface area contributed by atoms with Gasteiger partial charge in [0, 0.05) is 4.47 Å². The topological polar surface area (TPSA) is 46.2 Å². The van der Waals surface area contributed by atoms with Crippen molar-refractivity contribution in [3.63, 3.8) is 0 Å². The van der Waals surface area contributed by atoms with Crippen molar-refractivity contribution in [2.24, 2.45) is 11.7 Å². The van der Waals surface area contributed by atoms with Crippen molar-refractivity contribution < 1.29 is 5.11 Å². The van der Waals surface area contributed by atoms with Gasteiger partial charge in [0.05, 0.1) is 17.2 Å². The molecule has 2 nitrogen and oxygen atoms in total. The zero-order valence-electron chi connectivity index (χ0n) is 8.74. The van der Waals surface area contributed by atoms with Crippen LogP contribution in [0.3, 0.4) is 0 Å². The smallest absolute Gasteiger partial charge is 0.0755 e. The summed E-state index contributed by atoms with van der Waals surface area (Å²) in [5.41, 5.74) is 6.83. The highest BCUT2D eigenvalue weighted by atomic mass is 79.9. The van der Waals surface area contributed by atoms with Crippen LogP contribution in [0.25, 0.3) is 0 Å². The van der Waals surface area contributed by atoms with Crippen LogP contribution in [0, 0.1) is 5.92 Å². The molecule has 0 saturated heterocycles. The average Bonchev–Trinajstić information content (AvgIpc) is 2.19. The highest BCUT2D eigenvalue weighted by Crippen LogP contribution is 2.27. The highest BCUT2D eigenvalue weighted by Gasteiger charge is 2.20. The number of halogens is 2. The van der Waals surface area contributed by atoms with Gasteiger partial charge < -0.3 is 10.8 Å². The Morgan fingerprint density at radius 1 is 1.40 bits per heavy atom.